The molecule has 3 rings (SSSR count). The molecule has 1 aliphatic carbocycles. The molecule has 0 saturated heterocycles. The summed E-state index contributed by atoms with van der Waals surface area (Å²) in [6.45, 7) is 6.68. The molecule has 180 valence electrons. The predicted octanol–water partition coefficient (Wildman–Crippen LogP) is 6.49. The number of halogens is 3. The van der Waals surface area contributed by atoms with Crippen molar-refractivity contribution in [3.8, 4) is 0 Å². The Labute approximate surface area is 198 Å². The van der Waals surface area contributed by atoms with Crippen molar-refractivity contribution in [1.82, 2.24) is 9.97 Å². The number of rotatable bonds is 9. The molecule has 1 saturated carbocycles. The second-order valence-corrected chi connectivity index (χ2v) is 9.65. The third-order valence-electron chi connectivity index (χ3n) is 5.91. The fraction of sp³-hybridized carbons (Fsp3) is 0.542. The average Bonchev–Trinajstić information content (AvgIpc) is 2.73. The van der Waals surface area contributed by atoms with E-state index in [2.05, 4.69) is 29.0 Å². The molecule has 0 unspecified atom stereocenters. The van der Waals surface area contributed by atoms with Gasteiger partial charge in [-0.15, -0.1) is 0 Å². The van der Waals surface area contributed by atoms with E-state index in [-0.39, 0.29) is 31.2 Å². The molecule has 2 aromatic heterocycles. The Bertz CT molecular complexity index is 946. The van der Waals surface area contributed by atoms with Crippen molar-refractivity contribution in [2.24, 2.45) is 5.92 Å². The zero-order valence-corrected chi connectivity index (χ0v) is 19.9. The zero-order chi connectivity index (χ0) is 24.2. The van der Waals surface area contributed by atoms with Crippen molar-refractivity contribution >= 4 is 34.8 Å². The van der Waals surface area contributed by atoms with Crippen LogP contribution in [0.25, 0.3) is 0 Å². The molecule has 1 fully saturated rings. The number of pyridine rings is 2. The van der Waals surface area contributed by atoms with E-state index in [1.54, 1.807) is 24.5 Å². The number of carboxylic acids is 1. The molecular weight excluding hydrogens is 450 g/mol. The Balaban J connectivity index is 2.00. The summed E-state index contributed by atoms with van der Waals surface area (Å²) in [6.07, 6.45) is 3.79. The summed E-state index contributed by atoms with van der Waals surface area (Å²) in [5.74, 6) is -2.77. The van der Waals surface area contributed by atoms with E-state index in [9.17, 15) is 18.7 Å². The van der Waals surface area contributed by atoms with Gasteiger partial charge in [-0.2, -0.15) is 0 Å². The number of nitrogens with zero attached hydrogens (tertiary/aromatic N) is 3. The molecule has 0 bridgehead atoms. The van der Waals surface area contributed by atoms with Crippen molar-refractivity contribution in [2.75, 3.05) is 16.8 Å². The first-order chi connectivity index (χ1) is 15.5. The highest BCUT2D eigenvalue weighted by molar-refractivity contribution is 6.29. The standard InChI is InChI=1S/C24H31ClF2N4O2/c1-15(2)14-31(19-6-8-24(26,27)9-7-19)23-20(30-18-4-5-21(25)28-13-18)11-17(12-29-23)16(3)10-22(32)33/h4-5,11-13,15-16,19,30H,6-10,14H2,1-3H3,(H,32,33)/t16-/m1/s1. The number of carbonyl (C=O) groups is 1. The van der Waals surface area contributed by atoms with Gasteiger partial charge in [-0.3, -0.25) is 4.79 Å². The maximum Gasteiger partial charge on any atom is 0.303 e. The van der Waals surface area contributed by atoms with Crippen LogP contribution in [0.3, 0.4) is 0 Å². The number of hydrogen-bond acceptors (Lipinski definition) is 5. The highest BCUT2D eigenvalue weighted by Gasteiger charge is 2.38. The molecule has 1 atom stereocenters. The van der Waals surface area contributed by atoms with Gasteiger partial charge in [0.15, 0.2) is 5.82 Å². The first-order valence-electron chi connectivity index (χ1n) is 11.3. The van der Waals surface area contributed by atoms with Gasteiger partial charge in [-0.1, -0.05) is 32.4 Å². The van der Waals surface area contributed by atoms with E-state index < -0.39 is 11.9 Å². The molecule has 33 heavy (non-hydrogen) atoms. The minimum atomic E-state index is -2.61. The zero-order valence-electron chi connectivity index (χ0n) is 19.2. The third kappa shape index (κ3) is 7.00. The normalized spacial score (nSPS) is 17.1. The van der Waals surface area contributed by atoms with Crippen molar-refractivity contribution in [2.45, 2.75) is 70.8 Å². The Hall–Kier alpha value is -2.48. The summed E-state index contributed by atoms with van der Waals surface area (Å²) in [6, 6.07) is 5.31. The largest absolute Gasteiger partial charge is 0.481 e. The second-order valence-electron chi connectivity index (χ2n) is 9.27. The van der Waals surface area contributed by atoms with Crippen LogP contribution in [0.2, 0.25) is 5.15 Å². The lowest BCUT2D eigenvalue weighted by Crippen LogP contribution is -2.43. The van der Waals surface area contributed by atoms with Crippen LogP contribution in [-0.4, -0.2) is 39.6 Å². The monoisotopic (exact) mass is 480 g/mol. The lowest BCUT2D eigenvalue weighted by molar-refractivity contribution is -0.137. The van der Waals surface area contributed by atoms with Gasteiger partial charge in [0.1, 0.15) is 5.15 Å². The first-order valence-corrected chi connectivity index (χ1v) is 11.7. The van der Waals surface area contributed by atoms with Crippen LogP contribution in [0.15, 0.2) is 30.6 Å². The van der Waals surface area contributed by atoms with Crippen LogP contribution >= 0.6 is 11.6 Å². The van der Waals surface area contributed by atoms with Crippen LogP contribution in [-0.2, 0) is 4.79 Å². The van der Waals surface area contributed by atoms with Gasteiger partial charge in [0.25, 0.3) is 0 Å². The van der Waals surface area contributed by atoms with E-state index in [0.717, 1.165) is 5.56 Å². The van der Waals surface area contributed by atoms with E-state index >= 15 is 0 Å². The summed E-state index contributed by atoms with van der Waals surface area (Å²) >= 11 is 5.92. The van der Waals surface area contributed by atoms with Gasteiger partial charge in [-0.05, 0) is 48.4 Å². The highest BCUT2D eigenvalue weighted by atomic mass is 35.5. The first kappa shape index (κ1) is 25.1. The van der Waals surface area contributed by atoms with Crippen LogP contribution in [0.5, 0.6) is 0 Å². The number of alkyl halides is 2. The van der Waals surface area contributed by atoms with E-state index in [1.807, 2.05) is 13.0 Å². The number of anilines is 3. The van der Waals surface area contributed by atoms with E-state index in [0.29, 0.717) is 47.7 Å². The molecule has 0 radical (unpaired) electrons. The topological polar surface area (TPSA) is 78.4 Å². The van der Waals surface area contributed by atoms with Crippen molar-refractivity contribution in [3.63, 3.8) is 0 Å². The minimum absolute atomic E-state index is 0.0175. The van der Waals surface area contributed by atoms with Crippen LogP contribution in [0.1, 0.15) is 64.4 Å². The smallest absolute Gasteiger partial charge is 0.303 e. The molecular formula is C24H31ClF2N4O2. The summed E-state index contributed by atoms with van der Waals surface area (Å²) in [4.78, 5) is 22.2. The average molecular weight is 481 g/mol. The van der Waals surface area contributed by atoms with Crippen LogP contribution in [0.4, 0.5) is 26.0 Å². The van der Waals surface area contributed by atoms with Crippen molar-refractivity contribution < 1.29 is 18.7 Å². The Kier molecular flexibility index (Phi) is 8.10. The number of hydrogen-bond donors (Lipinski definition) is 2. The second kappa shape index (κ2) is 10.6. The molecule has 0 aliphatic heterocycles. The number of nitrogens with one attached hydrogen (secondary N) is 1. The van der Waals surface area contributed by atoms with Gasteiger partial charge in [0, 0.05) is 31.6 Å². The quantitative estimate of drug-likeness (QED) is 0.399. The Morgan fingerprint density at radius 3 is 2.52 bits per heavy atom. The predicted molar refractivity (Wildman–Crippen MR) is 127 cm³/mol. The molecule has 9 heteroatoms. The van der Waals surface area contributed by atoms with Crippen molar-refractivity contribution in [3.05, 3.63) is 41.3 Å². The fourth-order valence-corrected chi connectivity index (χ4v) is 4.30. The minimum Gasteiger partial charge on any atom is -0.481 e. The molecule has 6 nitrogen and oxygen atoms in total. The maximum atomic E-state index is 13.8. The molecule has 2 heterocycles. The number of aliphatic carboxylic acids is 1. The lowest BCUT2D eigenvalue weighted by atomic mass is 9.90. The third-order valence-corrected chi connectivity index (χ3v) is 6.13. The lowest BCUT2D eigenvalue weighted by Gasteiger charge is -2.39. The van der Waals surface area contributed by atoms with Gasteiger partial charge < -0.3 is 15.3 Å². The molecule has 1 aliphatic rings. The van der Waals surface area contributed by atoms with Crippen LogP contribution < -0.4 is 10.2 Å². The van der Waals surface area contributed by atoms with Crippen LogP contribution in [0, 0.1) is 5.92 Å². The van der Waals surface area contributed by atoms with Crippen molar-refractivity contribution in [1.29, 1.82) is 0 Å². The Morgan fingerprint density at radius 2 is 1.94 bits per heavy atom. The number of aromatic nitrogens is 2. The highest BCUT2D eigenvalue weighted by Crippen LogP contribution is 2.39. The molecule has 2 aromatic rings. The van der Waals surface area contributed by atoms with E-state index in [1.165, 1.54) is 0 Å². The maximum absolute atomic E-state index is 13.8. The fourth-order valence-electron chi connectivity index (χ4n) is 4.19. The van der Waals surface area contributed by atoms with Gasteiger partial charge in [0.05, 0.1) is 24.0 Å². The number of carboxylic acid groups (broad SMARTS) is 1. The SMILES string of the molecule is CC(C)CN(c1ncc([C@H](C)CC(=O)O)cc1Nc1ccc(Cl)nc1)C1CCC(F)(F)CC1. The molecule has 0 spiro atoms. The van der Waals surface area contributed by atoms with Gasteiger partial charge >= 0.3 is 5.97 Å². The molecule has 2 N–H and O–H groups in total. The van der Waals surface area contributed by atoms with Gasteiger partial charge in [0.2, 0.25) is 5.92 Å². The van der Waals surface area contributed by atoms with Gasteiger partial charge in [-0.25, -0.2) is 18.7 Å². The van der Waals surface area contributed by atoms with E-state index in [4.69, 9.17) is 16.6 Å². The molecule has 0 aromatic carbocycles. The summed E-state index contributed by atoms with van der Waals surface area (Å²) in [5.41, 5.74) is 2.17. The molecule has 0 amide bonds. The summed E-state index contributed by atoms with van der Waals surface area (Å²) < 4.78 is 27.7. The summed E-state index contributed by atoms with van der Waals surface area (Å²) in [7, 11) is 0. The Morgan fingerprint density at radius 1 is 1.24 bits per heavy atom. The summed E-state index contributed by atoms with van der Waals surface area (Å²) in [5, 5.41) is 12.9.